The Morgan fingerprint density at radius 2 is 1.89 bits per heavy atom. The number of nitrogens with zero attached hydrogens (tertiary/aromatic N) is 3. The predicted molar refractivity (Wildman–Crippen MR) is 106 cm³/mol. The maximum atomic E-state index is 12.2. The van der Waals surface area contributed by atoms with Gasteiger partial charge in [-0.15, -0.1) is 10.2 Å². The second-order valence-corrected chi connectivity index (χ2v) is 7.70. The molecule has 1 saturated heterocycles. The molecule has 1 atom stereocenters. The van der Waals surface area contributed by atoms with Crippen LogP contribution in [0.25, 0.3) is 0 Å². The van der Waals surface area contributed by atoms with Gasteiger partial charge in [-0.3, -0.25) is 9.59 Å². The lowest BCUT2D eigenvalue weighted by atomic mass is 10.0. The minimum atomic E-state index is -0.364. The zero-order valence-corrected chi connectivity index (χ0v) is 16.3. The van der Waals surface area contributed by atoms with Crippen LogP contribution in [0.15, 0.2) is 30.3 Å². The highest BCUT2D eigenvalue weighted by Gasteiger charge is 2.19. The van der Waals surface area contributed by atoms with Gasteiger partial charge in [0, 0.05) is 24.8 Å². The monoisotopic (exact) mass is 387 g/mol. The number of rotatable bonds is 7. The first-order valence-corrected chi connectivity index (χ1v) is 10.2. The third kappa shape index (κ3) is 5.58. The number of likely N-dealkylation sites (tertiary alicyclic amines) is 1. The molecule has 2 amide bonds. The third-order valence-corrected chi connectivity index (χ3v) is 5.61. The van der Waals surface area contributed by atoms with Crippen molar-refractivity contribution >= 4 is 28.8 Å². The number of para-hydroxylation sites is 1. The third-order valence-electron chi connectivity index (χ3n) is 4.69. The summed E-state index contributed by atoms with van der Waals surface area (Å²) in [4.78, 5) is 26.9. The van der Waals surface area contributed by atoms with Crippen molar-refractivity contribution in [1.29, 1.82) is 0 Å². The second kappa shape index (κ2) is 9.57. The van der Waals surface area contributed by atoms with Gasteiger partial charge in [0.15, 0.2) is 0 Å². The largest absolute Gasteiger partial charge is 0.350 e. The Bertz CT molecular complexity index is 764. The van der Waals surface area contributed by atoms with Crippen molar-refractivity contribution in [3.63, 3.8) is 0 Å². The van der Waals surface area contributed by atoms with Crippen LogP contribution >= 0.6 is 11.3 Å². The molecule has 7 nitrogen and oxygen atoms in total. The number of piperidine rings is 1. The molecule has 2 N–H and O–H groups in total. The van der Waals surface area contributed by atoms with Crippen molar-refractivity contribution in [2.75, 3.05) is 25.0 Å². The quantitative estimate of drug-likeness (QED) is 0.714. The molecule has 1 aliphatic heterocycles. The first kappa shape index (κ1) is 19.4. The molecule has 0 saturated carbocycles. The highest BCUT2D eigenvalue weighted by molar-refractivity contribution is 7.15. The summed E-state index contributed by atoms with van der Waals surface area (Å²) in [5.41, 5.74) is 0.677. The van der Waals surface area contributed by atoms with Gasteiger partial charge in [0.2, 0.25) is 10.0 Å². The molecule has 27 heavy (non-hydrogen) atoms. The first-order valence-electron chi connectivity index (χ1n) is 9.35. The van der Waals surface area contributed by atoms with E-state index in [-0.39, 0.29) is 21.8 Å². The Kier molecular flexibility index (Phi) is 6.89. The van der Waals surface area contributed by atoms with Gasteiger partial charge in [-0.05, 0) is 44.9 Å². The number of aromatic nitrogens is 2. The van der Waals surface area contributed by atoms with Gasteiger partial charge < -0.3 is 15.5 Å². The lowest BCUT2D eigenvalue weighted by Crippen LogP contribution is -2.39. The second-order valence-electron chi connectivity index (χ2n) is 6.72. The average Bonchev–Trinajstić information content (AvgIpc) is 3.18. The van der Waals surface area contributed by atoms with Gasteiger partial charge >= 0.3 is 0 Å². The zero-order valence-electron chi connectivity index (χ0n) is 15.5. The molecule has 1 fully saturated rings. The van der Waals surface area contributed by atoms with Gasteiger partial charge in [-0.1, -0.05) is 36.0 Å². The Morgan fingerprint density at radius 1 is 1.15 bits per heavy atom. The van der Waals surface area contributed by atoms with E-state index in [1.165, 1.54) is 19.3 Å². The molecule has 0 spiro atoms. The lowest BCUT2D eigenvalue weighted by molar-refractivity contribution is 0.0946. The fraction of sp³-hybridized carbons (Fsp3) is 0.474. The standard InChI is InChI=1S/C19H25N5O2S/c1-14-8-5-6-12-24(14)13-7-11-20-16(25)18-22-23-19(27-18)17(26)21-15-9-3-2-4-10-15/h2-4,9-10,14H,5-8,11-13H2,1H3,(H,20,25)(H,21,26). The van der Waals surface area contributed by atoms with Crippen LogP contribution in [0.5, 0.6) is 0 Å². The highest BCUT2D eigenvalue weighted by atomic mass is 32.1. The van der Waals surface area contributed by atoms with Crippen molar-refractivity contribution in [1.82, 2.24) is 20.4 Å². The van der Waals surface area contributed by atoms with Crippen molar-refractivity contribution in [2.24, 2.45) is 0 Å². The van der Waals surface area contributed by atoms with Crippen molar-refractivity contribution in [3.05, 3.63) is 40.3 Å². The molecular weight excluding hydrogens is 362 g/mol. The van der Waals surface area contributed by atoms with Crippen molar-refractivity contribution < 1.29 is 9.59 Å². The van der Waals surface area contributed by atoms with E-state index in [9.17, 15) is 9.59 Å². The molecule has 2 heterocycles. The number of amides is 2. The SMILES string of the molecule is CC1CCCCN1CCCNC(=O)c1nnc(C(=O)Nc2ccccc2)s1. The fourth-order valence-corrected chi connectivity index (χ4v) is 3.82. The van der Waals surface area contributed by atoms with Gasteiger partial charge in [-0.25, -0.2) is 0 Å². The van der Waals surface area contributed by atoms with Crippen LogP contribution in [0.1, 0.15) is 52.2 Å². The number of hydrogen-bond acceptors (Lipinski definition) is 6. The number of hydrogen-bond donors (Lipinski definition) is 2. The highest BCUT2D eigenvalue weighted by Crippen LogP contribution is 2.16. The maximum absolute atomic E-state index is 12.2. The van der Waals surface area contributed by atoms with Gasteiger partial charge in [0.25, 0.3) is 11.8 Å². The summed E-state index contributed by atoms with van der Waals surface area (Å²) in [5.74, 6) is -0.644. The van der Waals surface area contributed by atoms with E-state index in [0.29, 0.717) is 18.3 Å². The molecule has 1 aromatic carbocycles. The summed E-state index contributed by atoms with van der Waals surface area (Å²) in [5, 5.41) is 13.7. The molecule has 0 aliphatic carbocycles. The minimum absolute atomic E-state index is 0.172. The summed E-state index contributed by atoms with van der Waals surface area (Å²) in [6.07, 6.45) is 4.72. The number of anilines is 1. The van der Waals surface area contributed by atoms with Gasteiger partial charge in [-0.2, -0.15) is 0 Å². The van der Waals surface area contributed by atoms with E-state index in [4.69, 9.17) is 0 Å². The minimum Gasteiger partial charge on any atom is -0.350 e. The summed E-state index contributed by atoms with van der Waals surface area (Å²) in [6, 6.07) is 9.74. The van der Waals surface area contributed by atoms with E-state index in [1.807, 2.05) is 18.2 Å². The fourth-order valence-electron chi connectivity index (χ4n) is 3.16. The number of nitrogens with one attached hydrogen (secondary N) is 2. The zero-order chi connectivity index (χ0) is 19.1. The van der Waals surface area contributed by atoms with Crippen LogP contribution in [0, 0.1) is 0 Å². The van der Waals surface area contributed by atoms with Gasteiger partial charge in [0.1, 0.15) is 0 Å². The van der Waals surface area contributed by atoms with Crippen LogP contribution in [0.2, 0.25) is 0 Å². The van der Waals surface area contributed by atoms with Gasteiger partial charge in [0.05, 0.1) is 0 Å². The normalized spacial score (nSPS) is 17.4. The van der Waals surface area contributed by atoms with Crippen LogP contribution in [-0.2, 0) is 0 Å². The van der Waals surface area contributed by atoms with Crippen molar-refractivity contribution in [2.45, 2.75) is 38.6 Å². The molecule has 1 aliphatic rings. The smallest absolute Gasteiger partial charge is 0.286 e. The molecule has 2 aromatic rings. The molecule has 1 aromatic heterocycles. The summed E-state index contributed by atoms with van der Waals surface area (Å²) < 4.78 is 0. The molecule has 144 valence electrons. The van der Waals surface area contributed by atoms with Crippen LogP contribution in [-0.4, -0.2) is 52.6 Å². The van der Waals surface area contributed by atoms with E-state index in [0.717, 1.165) is 30.8 Å². The van der Waals surface area contributed by atoms with E-state index in [2.05, 4.69) is 32.7 Å². The summed E-state index contributed by atoms with van der Waals surface area (Å²) in [6.45, 7) is 4.99. The Hall–Kier alpha value is -2.32. The molecular formula is C19H25N5O2S. The molecule has 1 unspecified atom stereocenters. The lowest BCUT2D eigenvalue weighted by Gasteiger charge is -2.33. The number of carbonyl (C=O) groups is 2. The van der Waals surface area contributed by atoms with Crippen LogP contribution in [0.4, 0.5) is 5.69 Å². The Balaban J connectivity index is 1.43. The van der Waals surface area contributed by atoms with E-state index >= 15 is 0 Å². The van der Waals surface area contributed by atoms with Crippen molar-refractivity contribution in [3.8, 4) is 0 Å². The summed E-state index contributed by atoms with van der Waals surface area (Å²) in [7, 11) is 0. The topological polar surface area (TPSA) is 87.2 Å². The van der Waals surface area contributed by atoms with Crippen LogP contribution < -0.4 is 10.6 Å². The molecule has 0 radical (unpaired) electrons. The molecule has 3 rings (SSSR count). The average molecular weight is 388 g/mol. The Labute approximate surface area is 163 Å². The molecule has 0 bridgehead atoms. The summed E-state index contributed by atoms with van der Waals surface area (Å²) >= 11 is 0.998. The van der Waals surface area contributed by atoms with Crippen LogP contribution in [0.3, 0.4) is 0 Å². The van der Waals surface area contributed by atoms with E-state index in [1.54, 1.807) is 12.1 Å². The number of carbonyl (C=O) groups excluding carboxylic acids is 2. The van der Waals surface area contributed by atoms with E-state index < -0.39 is 0 Å². The maximum Gasteiger partial charge on any atom is 0.286 e. The predicted octanol–water partition coefficient (Wildman–Crippen LogP) is 2.78. The first-order chi connectivity index (χ1) is 13.1. The molecule has 8 heteroatoms. The number of benzene rings is 1. The Morgan fingerprint density at radius 3 is 2.63 bits per heavy atom.